The van der Waals surface area contributed by atoms with Crippen LogP contribution in [0.3, 0.4) is 0 Å². The van der Waals surface area contributed by atoms with Crippen LogP contribution >= 0.6 is 0 Å². The van der Waals surface area contributed by atoms with Crippen LogP contribution in [0.25, 0.3) is 0 Å². The number of carbonyl (C=O) groups excluding carboxylic acids is 1. The molecule has 3 heteroatoms. The third kappa shape index (κ3) is 3.66. The molecule has 0 spiro atoms. The first kappa shape index (κ1) is 11.5. The van der Waals surface area contributed by atoms with Gasteiger partial charge in [-0.2, -0.15) is 0 Å². The van der Waals surface area contributed by atoms with Gasteiger partial charge in [-0.1, -0.05) is 20.8 Å². The standard InChI is InChI=1S/C11H21NO2/c1-10(2,3)9(13)12-8-4-5-11(14)6-7-11/h14H,4-8H2,1-3H3,(H,12,13). The van der Waals surface area contributed by atoms with Crippen LogP contribution in [-0.2, 0) is 4.79 Å². The van der Waals surface area contributed by atoms with Gasteiger partial charge in [0.25, 0.3) is 0 Å². The number of carbonyl (C=O) groups is 1. The highest BCUT2D eigenvalue weighted by Crippen LogP contribution is 2.38. The minimum Gasteiger partial charge on any atom is -0.390 e. The first-order valence-electron chi connectivity index (χ1n) is 5.34. The molecule has 14 heavy (non-hydrogen) atoms. The number of aliphatic hydroxyl groups is 1. The molecular formula is C11H21NO2. The molecule has 0 aromatic heterocycles. The Hall–Kier alpha value is -0.570. The zero-order valence-corrected chi connectivity index (χ0v) is 9.39. The fraction of sp³-hybridized carbons (Fsp3) is 0.909. The molecule has 0 aliphatic heterocycles. The van der Waals surface area contributed by atoms with E-state index in [0.717, 1.165) is 25.7 Å². The largest absolute Gasteiger partial charge is 0.390 e. The summed E-state index contributed by atoms with van der Waals surface area (Å²) in [5.74, 6) is 0.0836. The van der Waals surface area contributed by atoms with E-state index in [9.17, 15) is 9.90 Å². The van der Waals surface area contributed by atoms with Gasteiger partial charge in [-0.05, 0) is 25.7 Å². The number of hydrogen-bond donors (Lipinski definition) is 2. The van der Waals surface area contributed by atoms with E-state index in [1.165, 1.54) is 0 Å². The van der Waals surface area contributed by atoms with Crippen molar-refractivity contribution in [3.05, 3.63) is 0 Å². The molecule has 1 rings (SSSR count). The van der Waals surface area contributed by atoms with Crippen LogP contribution in [0.1, 0.15) is 46.5 Å². The lowest BCUT2D eigenvalue weighted by Gasteiger charge is -2.17. The van der Waals surface area contributed by atoms with Crippen molar-refractivity contribution in [1.82, 2.24) is 5.32 Å². The number of hydrogen-bond acceptors (Lipinski definition) is 2. The summed E-state index contributed by atoms with van der Waals surface area (Å²) in [5, 5.41) is 12.4. The van der Waals surface area contributed by atoms with Crippen LogP contribution in [0.2, 0.25) is 0 Å². The summed E-state index contributed by atoms with van der Waals surface area (Å²) in [4.78, 5) is 11.4. The van der Waals surface area contributed by atoms with E-state index in [1.54, 1.807) is 0 Å². The molecule has 0 unspecified atom stereocenters. The smallest absolute Gasteiger partial charge is 0.225 e. The number of nitrogens with one attached hydrogen (secondary N) is 1. The molecule has 1 aliphatic rings. The first-order chi connectivity index (χ1) is 6.33. The van der Waals surface area contributed by atoms with Gasteiger partial charge < -0.3 is 10.4 Å². The highest BCUT2D eigenvalue weighted by Gasteiger charge is 2.39. The van der Waals surface area contributed by atoms with Crippen molar-refractivity contribution in [2.45, 2.75) is 52.1 Å². The van der Waals surface area contributed by atoms with Crippen molar-refractivity contribution in [3.8, 4) is 0 Å². The Balaban J connectivity index is 2.06. The molecule has 1 fully saturated rings. The molecule has 0 aromatic rings. The Bertz CT molecular complexity index is 214. The molecule has 0 bridgehead atoms. The van der Waals surface area contributed by atoms with Gasteiger partial charge in [-0.15, -0.1) is 0 Å². The predicted molar refractivity (Wildman–Crippen MR) is 55.9 cm³/mol. The fourth-order valence-corrected chi connectivity index (χ4v) is 1.28. The van der Waals surface area contributed by atoms with Crippen LogP contribution in [0, 0.1) is 5.41 Å². The molecule has 2 N–H and O–H groups in total. The van der Waals surface area contributed by atoms with Crippen LogP contribution in [0.4, 0.5) is 0 Å². The molecular weight excluding hydrogens is 178 g/mol. The van der Waals surface area contributed by atoms with Gasteiger partial charge in [-0.25, -0.2) is 0 Å². The number of rotatable bonds is 4. The predicted octanol–water partition coefficient (Wildman–Crippen LogP) is 1.45. The van der Waals surface area contributed by atoms with Gasteiger partial charge in [0.2, 0.25) is 5.91 Å². The van der Waals surface area contributed by atoms with E-state index >= 15 is 0 Å². The minimum absolute atomic E-state index is 0.0836. The molecule has 0 saturated heterocycles. The molecule has 82 valence electrons. The average Bonchev–Trinajstić information content (AvgIpc) is 2.76. The van der Waals surface area contributed by atoms with E-state index < -0.39 is 0 Å². The van der Waals surface area contributed by atoms with E-state index in [-0.39, 0.29) is 16.9 Å². The van der Waals surface area contributed by atoms with Crippen molar-refractivity contribution in [1.29, 1.82) is 0 Å². The van der Waals surface area contributed by atoms with Crippen molar-refractivity contribution in [2.75, 3.05) is 6.54 Å². The Kier molecular flexibility index (Phi) is 3.20. The lowest BCUT2D eigenvalue weighted by atomic mass is 9.95. The molecule has 3 nitrogen and oxygen atoms in total. The number of amides is 1. The molecule has 0 atom stereocenters. The minimum atomic E-state index is -0.382. The molecule has 0 heterocycles. The first-order valence-corrected chi connectivity index (χ1v) is 5.34. The second-order valence-electron chi connectivity index (χ2n) is 5.33. The summed E-state index contributed by atoms with van der Waals surface area (Å²) in [6, 6.07) is 0. The van der Waals surface area contributed by atoms with Gasteiger partial charge >= 0.3 is 0 Å². The Labute approximate surface area is 85.9 Å². The molecule has 1 amide bonds. The highest BCUT2D eigenvalue weighted by atomic mass is 16.3. The zero-order chi connectivity index (χ0) is 10.8. The third-order valence-electron chi connectivity index (χ3n) is 2.61. The van der Waals surface area contributed by atoms with E-state index in [0.29, 0.717) is 6.54 Å². The van der Waals surface area contributed by atoms with Gasteiger partial charge in [0.15, 0.2) is 0 Å². The summed E-state index contributed by atoms with van der Waals surface area (Å²) in [7, 11) is 0. The van der Waals surface area contributed by atoms with E-state index in [2.05, 4.69) is 5.32 Å². The van der Waals surface area contributed by atoms with Crippen molar-refractivity contribution in [2.24, 2.45) is 5.41 Å². The van der Waals surface area contributed by atoms with Gasteiger partial charge in [0.1, 0.15) is 0 Å². The van der Waals surface area contributed by atoms with Crippen molar-refractivity contribution in [3.63, 3.8) is 0 Å². The van der Waals surface area contributed by atoms with Gasteiger partial charge in [0.05, 0.1) is 5.60 Å². The molecule has 1 saturated carbocycles. The van der Waals surface area contributed by atoms with Crippen molar-refractivity contribution >= 4 is 5.91 Å². The summed E-state index contributed by atoms with van der Waals surface area (Å²) in [5.41, 5.74) is -0.692. The maximum Gasteiger partial charge on any atom is 0.225 e. The normalized spacial score (nSPS) is 19.1. The fourth-order valence-electron chi connectivity index (χ4n) is 1.28. The second-order valence-corrected chi connectivity index (χ2v) is 5.33. The molecule has 0 aromatic carbocycles. The van der Waals surface area contributed by atoms with Crippen LogP contribution in [0.15, 0.2) is 0 Å². The quantitative estimate of drug-likeness (QED) is 0.673. The summed E-state index contributed by atoms with van der Waals surface area (Å²) in [6.07, 6.45) is 3.55. The summed E-state index contributed by atoms with van der Waals surface area (Å²) < 4.78 is 0. The van der Waals surface area contributed by atoms with Crippen LogP contribution in [0.5, 0.6) is 0 Å². The average molecular weight is 199 g/mol. The highest BCUT2D eigenvalue weighted by molar-refractivity contribution is 5.81. The van der Waals surface area contributed by atoms with Crippen molar-refractivity contribution < 1.29 is 9.90 Å². The summed E-state index contributed by atoms with van der Waals surface area (Å²) >= 11 is 0. The molecule has 1 aliphatic carbocycles. The molecule has 0 radical (unpaired) electrons. The second kappa shape index (κ2) is 3.89. The van der Waals surface area contributed by atoms with E-state index in [4.69, 9.17) is 0 Å². The van der Waals surface area contributed by atoms with Gasteiger partial charge in [-0.3, -0.25) is 4.79 Å². The topological polar surface area (TPSA) is 49.3 Å². The van der Waals surface area contributed by atoms with Crippen LogP contribution in [-0.4, -0.2) is 23.2 Å². The SMILES string of the molecule is CC(C)(C)C(=O)NCCCC1(O)CC1. The maximum atomic E-state index is 11.4. The van der Waals surface area contributed by atoms with Crippen LogP contribution < -0.4 is 5.32 Å². The Morgan fingerprint density at radius 1 is 1.43 bits per heavy atom. The van der Waals surface area contributed by atoms with Gasteiger partial charge in [0, 0.05) is 12.0 Å². The lowest BCUT2D eigenvalue weighted by molar-refractivity contribution is -0.128. The monoisotopic (exact) mass is 199 g/mol. The Morgan fingerprint density at radius 2 is 2.00 bits per heavy atom. The zero-order valence-electron chi connectivity index (χ0n) is 9.39. The third-order valence-corrected chi connectivity index (χ3v) is 2.61. The Morgan fingerprint density at radius 3 is 2.43 bits per heavy atom. The lowest BCUT2D eigenvalue weighted by Crippen LogP contribution is -2.35. The maximum absolute atomic E-state index is 11.4. The van der Waals surface area contributed by atoms with E-state index in [1.807, 2.05) is 20.8 Å². The summed E-state index contributed by atoms with van der Waals surface area (Å²) in [6.45, 7) is 6.38.